The molecule has 0 aromatic heterocycles. The van der Waals surface area contributed by atoms with Gasteiger partial charge in [-0.3, -0.25) is 0 Å². The molecule has 1 nitrogen and oxygen atoms in total. The van der Waals surface area contributed by atoms with Crippen LogP contribution in [0.25, 0.3) is 0 Å². The van der Waals surface area contributed by atoms with E-state index in [4.69, 9.17) is 3.90 Å². The van der Waals surface area contributed by atoms with Gasteiger partial charge in [0, 0.05) is 52.7 Å². The van der Waals surface area contributed by atoms with Crippen molar-refractivity contribution in [3.63, 3.8) is 0 Å². The Morgan fingerprint density at radius 3 is 1.40 bits per heavy atom. The summed E-state index contributed by atoms with van der Waals surface area (Å²) in [5.74, 6) is 0. The van der Waals surface area contributed by atoms with Crippen LogP contribution in [-0.2, 0) is 36.4 Å². The SMILES string of the molecule is [Fe].[H-].[H-].[La].[O]=[Ni].[Sr+2]. The second-order valence-corrected chi connectivity index (χ2v) is 0. The van der Waals surface area contributed by atoms with Crippen molar-refractivity contribution in [1.29, 1.82) is 0 Å². The van der Waals surface area contributed by atoms with Crippen LogP contribution in [0.3, 0.4) is 0 Å². The fraction of sp³-hybridized carbons (Fsp3) is 0. The third-order valence-corrected chi connectivity index (χ3v) is 0. The molecule has 0 saturated carbocycles. The molecule has 0 bridgehead atoms. The van der Waals surface area contributed by atoms with Crippen molar-refractivity contribution in [2.24, 2.45) is 0 Å². The zero-order valence-electron chi connectivity index (χ0n) is 4.36. The summed E-state index contributed by atoms with van der Waals surface area (Å²) in [6.07, 6.45) is 0. The monoisotopic (exact) mass is 359 g/mol. The van der Waals surface area contributed by atoms with Gasteiger partial charge in [-0.05, 0) is 0 Å². The summed E-state index contributed by atoms with van der Waals surface area (Å²) in [4.78, 5) is 0. The molecule has 0 atom stereocenters. The van der Waals surface area contributed by atoms with Crippen molar-refractivity contribution in [2.45, 2.75) is 0 Å². The molecule has 0 amide bonds. The molecule has 0 aliphatic rings. The summed E-state index contributed by atoms with van der Waals surface area (Å²) in [5, 5.41) is 0. The van der Waals surface area contributed by atoms with Crippen LogP contribution in [-0.4, -0.2) is 45.5 Å². The molecule has 0 aliphatic heterocycles. The maximum atomic E-state index is 7.88. The van der Waals surface area contributed by atoms with Crippen LogP contribution in [0, 0.1) is 35.6 Å². The van der Waals surface area contributed by atoms with Crippen molar-refractivity contribution in [3.05, 3.63) is 0 Å². The third kappa shape index (κ3) is 18.5. The molecule has 0 spiro atoms. The van der Waals surface area contributed by atoms with Crippen LogP contribution in [0.15, 0.2) is 0 Å². The van der Waals surface area contributed by atoms with Crippen LogP contribution >= 0.6 is 0 Å². The second-order valence-electron chi connectivity index (χ2n) is 0. The molecule has 0 saturated heterocycles. The Kier molecular flexibility index (Phi) is 122. The quantitative estimate of drug-likeness (QED) is 0.544. The fourth-order valence-corrected chi connectivity index (χ4v) is 0. The topological polar surface area (TPSA) is 17.1 Å². The van der Waals surface area contributed by atoms with E-state index < -0.39 is 0 Å². The molecule has 0 rings (SSSR count). The van der Waals surface area contributed by atoms with Crippen LogP contribution in [0.5, 0.6) is 0 Å². The standard InChI is InChI=1S/Fe.La.Ni.O.Sr.2H/q;;;;+2;2*-1. The molecule has 0 fully saturated rings. The van der Waals surface area contributed by atoms with Crippen molar-refractivity contribution < 1.29 is 74.8 Å². The Morgan fingerprint density at radius 1 is 1.40 bits per heavy atom. The van der Waals surface area contributed by atoms with Crippen LogP contribution in [0.4, 0.5) is 0 Å². The number of rotatable bonds is 0. The molecule has 0 heterocycles. The van der Waals surface area contributed by atoms with Gasteiger partial charge in [0.2, 0.25) is 0 Å². The molecule has 5 heavy (non-hydrogen) atoms. The summed E-state index contributed by atoms with van der Waals surface area (Å²) in [6, 6.07) is 0. The maximum Gasteiger partial charge on any atom is 2.00 e. The predicted molar refractivity (Wildman–Crippen MR) is 8.66 cm³/mol. The Labute approximate surface area is 117 Å². The van der Waals surface area contributed by atoms with Crippen molar-refractivity contribution >= 4 is 45.5 Å². The molecule has 0 aromatic carbocycles. The Bertz CT molecular complexity index is 17.7. The zero-order chi connectivity index (χ0) is 2.00. The van der Waals surface area contributed by atoms with Gasteiger partial charge in [0.05, 0.1) is 0 Å². The average Bonchev–Trinajstić information content (AvgIpc) is 1.00. The largest absolute Gasteiger partial charge is 2.00 e. The third-order valence-electron chi connectivity index (χ3n) is 0. The van der Waals surface area contributed by atoms with Gasteiger partial charge in [-0.15, -0.1) is 0 Å². The van der Waals surface area contributed by atoms with Gasteiger partial charge in [0.1, 0.15) is 0 Å². The Morgan fingerprint density at radius 2 is 1.40 bits per heavy atom. The summed E-state index contributed by atoms with van der Waals surface area (Å²) in [5.41, 5.74) is 0. The second kappa shape index (κ2) is 25.9. The van der Waals surface area contributed by atoms with Crippen LogP contribution in [0.2, 0.25) is 0 Å². The first-order valence-electron chi connectivity index (χ1n) is 0.129. The maximum absolute atomic E-state index is 7.88. The van der Waals surface area contributed by atoms with E-state index in [-0.39, 0.29) is 101 Å². The van der Waals surface area contributed by atoms with Gasteiger partial charge >= 0.3 is 64.8 Å². The van der Waals surface area contributed by atoms with E-state index in [1.807, 2.05) is 0 Å². The molecule has 0 aromatic rings. The fourth-order valence-electron chi connectivity index (χ4n) is 0. The molecule has 0 unspecified atom stereocenters. The van der Waals surface area contributed by atoms with Crippen LogP contribution < -0.4 is 0 Å². The number of hydrogen-bond donors (Lipinski definition) is 0. The van der Waals surface area contributed by atoms with Gasteiger partial charge < -0.3 is 2.85 Å². The molecule has 31 valence electrons. The normalized spacial score (nSPS) is 1.20. The van der Waals surface area contributed by atoms with Gasteiger partial charge in [0.25, 0.3) is 0 Å². The van der Waals surface area contributed by atoms with E-state index in [2.05, 4.69) is 15.4 Å². The summed E-state index contributed by atoms with van der Waals surface area (Å²) in [7, 11) is 0. The van der Waals surface area contributed by atoms with Gasteiger partial charge in [-0.1, -0.05) is 0 Å². The summed E-state index contributed by atoms with van der Waals surface area (Å²) < 4.78 is 7.88. The smallest absolute Gasteiger partial charge is 2.00 e. The first-order chi connectivity index (χ1) is 1.00. The minimum atomic E-state index is 0. The zero-order valence-corrected chi connectivity index (χ0v) is 11.6. The van der Waals surface area contributed by atoms with E-state index >= 15 is 0 Å². The van der Waals surface area contributed by atoms with Gasteiger partial charge in [-0.25, -0.2) is 0 Å². The first kappa shape index (κ1) is 23.6. The van der Waals surface area contributed by atoms with Gasteiger partial charge in [-0.2, -0.15) is 0 Å². The van der Waals surface area contributed by atoms with E-state index in [0.717, 1.165) is 0 Å². The molecule has 1 radical (unpaired) electrons. The number of hydrogen-bond acceptors (Lipinski definition) is 1. The van der Waals surface area contributed by atoms with E-state index in [9.17, 15) is 0 Å². The first-order valence-corrected chi connectivity index (χ1v) is 0.532. The van der Waals surface area contributed by atoms with Crippen LogP contribution in [0.1, 0.15) is 2.85 Å². The molecular formula is H2FeLaNiOSr. The Balaban J connectivity index is -0.000000000500. The van der Waals surface area contributed by atoms with Gasteiger partial charge in [0.15, 0.2) is 0 Å². The predicted octanol–water partition coefficient (Wildman–Crippen LogP) is -0.280. The Hall–Kier alpha value is 3.49. The summed E-state index contributed by atoms with van der Waals surface area (Å²) >= 11 is 2.62. The summed E-state index contributed by atoms with van der Waals surface area (Å²) in [6.45, 7) is 0. The average molecular weight is 359 g/mol. The minimum Gasteiger partial charge on any atom is 2.00 e. The van der Waals surface area contributed by atoms with E-state index in [1.165, 1.54) is 0 Å². The molecule has 0 N–H and O–H groups in total. The van der Waals surface area contributed by atoms with Crippen molar-refractivity contribution in [1.82, 2.24) is 0 Å². The van der Waals surface area contributed by atoms with Crippen molar-refractivity contribution in [2.75, 3.05) is 0 Å². The van der Waals surface area contributed by atoms with E-state index in [0.29, 0.717) is 0 Å². The molecule has 5 heteroatoms. The minimum absolute atomic E-state index is 0. The molecule has 0 aliphatic carbocycles. The molecular weight excluding hydrogens is 357 g/mol. The van der Waals surface area contributed by atoms with Crippen molar-refractivity contribution in [3.8, 4) is 0 Å². The van der Waals surface area contributed by atoms with E-state index in [1.54, 1.807) is 0 Å².